The number of amides is 2. The standard InChI is InChI=1S/C14H20N2O3S/c1-10(2)20(19)13-6-4-12(5-7-13)14(18)16-9-8-15-11(3)17/h4-7,10H,8-9H2,1-3H3,(H,15,17)(H,16,18)/t20-/m0/s1. The minimum Gasteiger partial charge on any atom is -0.355 e. The molecule has 110 valence electrons. The average molecular weight is 296 g/mol. The average Bonchev–Trinajstić information content (AvgIpc) is 2.42. The summed E-state index contributed by atoms with van der Waals surface area (Å²) in [5.41, 5.74) is 0.511. The first-order chi connectivity index (χ1) is 9.41. The van der Waals surface area contributed by atoms with E-state index in [9.17, 15) is 13.8 Å². The van der Waals surface area contributed by atoms with Gasteiger partial charge in [-0.3, -0.25) is 13.8 Å². The maximum absolute atomic E-state index is 11.9. The fourth-order valence-electron chi connectivity index (χ4n) is 1.53. The Labute approximate surface area is 121 Å². The highest BCUT2D eigenvalue weighted by molar-refractivity contribution is 7.85. The van der Waals surface area contributed by atoms with Crippen molar-refractivity contribution in [3.8, 4) is 0 Å². The SMILES string of the molecule is CC(=O)NCCNC(=O)c1ccc([S@@](=O)C(C)C)cc1. The summed E-state index contributed by atoms with van der Waals surface area (Å²) in [6.45, 7) is 5.97. The Morgan fingerprint density at radius 1 is 1.10 bits per heavy atom. The van der Waals surface area contributed by atoms with E-state index in [1.165, 1.54) is 6.92 Å². The fraction of sp³-hybridized carbons (Fsp3) is 0.429. The van der Waals surface area contributed by atoms with Crippen molar-refractivity contribution in [1.82, 2.24) is 10.6 Å². The first kappa shape index (κ1) is 16.4. The molecule has 0 bridgehead atoms. The third-order valence-electron chi connectivity index (χ3n) is 2.56. The van der Waals surface area contributed by atoms with Crippen LogP contribution < -0.4 is 10.6 Å². The molecule has 0 radical (unpaired) electrons. The van der Waals surface area contributed by atoms with Crippen LogP contribution in [0.15, 0.2) is 29.2 Å². The molecular weight excluding hydrogens is 276 g/mol. The van der Waals surface area contributed by atoms with Crippen LogP contribution in [0.4, 0.5) is 0 Å². The van der Waals surface area contributed by atoms with Crippen molar-refractivity contribution in [2.75, 3.05) is 13.1 Å². The van der Waals surface area contributed by atoms with Crippen LogP contribution in [0.1, 0.15) is 31.1 Å². The van der Waals surface area contributed by atoms with E-state index in [4.69, 9.17) is 0 Å². The lowest BCUT2D eigenvalue weighted by Crippen LogP contribution is -2.33. The molecule has 5 nitrogen and oxygen atoms in total. The molecule has 0 heterocycles. The van der Waals surface area contributed by atoms with Crippen molar-refractivity contribution in [2.45, 2.75) is 30.9 Å². The van der Waals surface area contributed by atoms with Crippen LogP contribution in [0.2, 0.25) is 0 Å². The van der Waals surface area contributed by atoms with Crippen molar-refractivity contribution >= 4 is 22.6 Å². The van der Waals surface area contributed by atoms with Crippen LogP contribution in [0, 0.1) is 0 Å². The lowest BCUT2D eigenvalue weighted by molar-refractivity contribution is -0.118. The lowest BCUT2D eigenvalue weighted by atomic mass is 10.2. The van der Waals surface area contributed by atoms with Crippen LogP contribution in [-0.2, 0) is 15.6 Å². The summed E-state index contributed by atoms with van der Waals surface area (Å²) >= 11 is 0. The molecule has 20 heavy (non-hydrogen) atoms. The smallest absolute Gasteiger partial charge is 0.251 e. The molecule has 0 spiro atoms. The molecule has 1 aromatic carbocycles. The minimum absolute atomic E-state index is 0.0485. The van der Waals surface area contributed by atoms with Gasteiger partial charge >= 0.3 is 0 Å². The van der Waals surface area contributed by atoms with E-state index >= 15 is 0 Å². The molecule has 1 atom stereocenters. The number of rotatable bonds is 6. The number of carbonyl (C=O) groups excluding carboxylic acids is 2. The summed E-state index contributed by atoms with van der Waals surface area (Å²) in [7, 11) is -1.05. The van der Waals surface area contributed by atoms with Crippen LogP contribution in [-0.4, -0.2) is 34.4 Å². The van der Waals surface area contributed by atoms with Gasteiger partial charge in [-0.05, 0) is 24.3 Å². The maximum Gasteiger partial charge on any atom is 0.251 e. The molecule has 0 saturated carbocycles. The van der Waals surface area contributed by atoms with Crippen LogP contribution in [0.25, 0.3) is 0 Å². The van der Waals surface area contributed by atoms with Crippen molar-refractivity contribution in [3.63, 3.8) is 0 Å². The number of carbonyl (C=O) groups is 2. The number of nitrogens with one attached hydrogen (secondary N) is 2. The number of benzene rings is 1. The van der Waals surface area contributed by atoms with Gasteiger partial charge in [0.2, 0.25) is 5.91 Å². The summed E-state index contributed by atoms with van der Waals surface area (Å²) in [6.07, 6.45) is 0. The molecule has 0 fully saturated rings. The topological polar surface area (TPSA) is 75.3 Å². The maximum atomic E-state index is 11.9. The Balaban J connectivity index is 2.53. The van der Waals surface area contributed by atoms with Gasteiger partial charge in [0.15, 0.2) is 0 Å². The summed E-state index contributed by atoms with van der Waals surface area (Å²) in [5.74, 6) is -0.336. The summed E-state index contributed by atoms with van der Waals surface area (Å²) in [6, 6.07) is 6.73. The molecule has 1 rings (SSSR count). The molecule has 0 aliphatic heterocycles. The van der Waals surface area contributed by atoms with Crippen LogP contribution in [0.3, 0.4) is 0 Å². The van der Waals surface area contributed by atoms with Gasteiger partial charge in [0.1, 0.15) is 0 Å². The predicted molar refractivity (Wildman–Crippen MR) is 79.0 cm³/mol. The Hall–Kier alpha value is -1.69. The highest BCUT2D eigenvalue weighted by Gasteiger charge is 2.10. The zero-order valence-corrected chi connectivity index (χ0v) is 12.8. The van der Waals surface area contributed by atoms with Gasteiger partial charge < -0.3 is 10.6 Å². The van der Waals surface area contributed by atoms with E-state index in [0.29, 0.717) is 18.7 Å². The molecule has 1 aromatic rings. The van der Waals surface area contributed by atoms with Crippen molar-refractivity contribution in [1.29, 1.82) is 0 Å². The monoisotopic (exact) mass is 296 g/mol. The van der Waals surface area contributed by atoms with E-state index in [1.807, 2.05) is 13.8 Å². The molecule has 0 aliphatic rings. The molecule has 0 aliphatic carbocycles. The van der Waals surface area contributed by atoms with E-state index < -0.39 is 10.8 Å². The van der Waals surface area contributed by atoms with E-state index in [0.717, 1.165) is 4.90 Å². The number of hydrogen-bond donors (Lipinski definition) is 2. The third-order valence-corrected chi connectivity index (χ3v) is 4.15. The Morgan fingerprint density at radius 2 is 1.65 bits per heavy atom. The first-order valence-corrected chi connectivity index (χ1v) is 7.66. The second kappa shape index (κ2) is 7.79. The second-order valence-corrected chi connectivity index (χ2v) is 6.62. The van der Waals surface area contributed by atoms with E-state index in [2.05, 4.69) is 10.6 Å². The zero-order valence-electron chi connectivity index (χ0n) is 11.9. The molecule has 2 N–H and O–H groups in total. The molecule has 0 saturated heterocycles. The molecule has 0 aromatic heterocycles. The highest BCUT2D eigenvalue weighted by atomic mass is 32.2. The summed E-state index contributed by atoms with van der Waals surface area (Å²) < 4.78 is 11.9. The van der Waals surface area contributed by atoms with Gasteiger partial charge in [-0.25, -0.2) is 0 Å². The molecule has 2 amide bonds. The number of hydrogen-bond acceptors (Lipinski definition) is 3. The normalized spacial score (nSPS) is 12.0. The van der Waals surface area contributed by atoms with Gasteiger partial charge in [-0.2, -0.15) is 0 Å². The predicted octanol–water partition coefficient (Wildman–Crippen LogP) is 1.07. The zero-order chi connectivity index (χ0) is 15.1. The molecule has 0 unspecified atom stereocenters. The summed E-state index contributed by atoms with van der Waals surface area (Å²) in [4.78, 5) is 23.2. The molecule has 6 heteroatoms. The van der Waals surface area contributed by atoms with E-state index in [1.54, 1.807) is 24.3 Å². The van der Waals surface area contributed by atoms with Crippen molar-refractivity contribution in [2.24, 2.45) is 0 Å². The van der Waals surface area contributed by atoms with Gasteiger partial charge in [0, 0.05) is 35.7 Å². The quantitative estimate of drug-likeness (QED) is 0.771. The lowest BCUT2D eigenvalue weighted by Gasteiger charge is -2.08. The second-order valence-electron chi connectivity index (χ2n) is 4.61. The highest BCUT2D eigenvalue weighted by Crippen LogP contribution is 2.12. The van der Waals surface area contributed by atoms with Crippen LogP contribution >= 0.6 is 0 Å². The third kappa shape index (κ3) is 5.13. The molecular formula is C14H20N2O3S. The summed E-state index contributed by atoms with van der Waals surface area (Å²) in [5, 5.41) is 5.34. The Kier molecular flexibility index (Phi) is 6.38. The van der Waals surface area contributed by atoms with E-state index in [-0.39, 0.29) is 17.1 Å². The first-order valence-electron chi connectivity index (χ1n) is 6.45. The Morgan fingerprint density at radius 3 is 2.15 bits per heavy atom. The van der Waals surface area contributed by atoms with Gasteiger partial charge in [0.25, 0.3) is 5.91 Å². The largest absolute Gasteiger partial charge is 0.355 e. The van der Waals surface area contributed by atoms with Gasteiger partial charge in [-0.1, -0.05) is 13.8 Å². The Bertz CT molecular complexity index is 498. The van der Waals surface area contributed by atoms with Crippen LogP contribution in [0.5, 0.6) is 0 Å². The van der Waals surface area contributed by atoms with Crippen molar-refractivity contribution < 1.29 is 13.8 Å². The van der Waals surface area contributed by atoms with Crippen molar-refractivity contribution in [3.05, 3.63) is 29.8 Å². The van der Waals surface area contributed by atoms with Gasteiger partial charge in [0.05, 0.1) is 10.8 Å². The van der Waals surface area contributed by atoms with Gasteiger partial charge in [-0.15, -0.1) is 0 Å². The fourth-order valence-corrected chi connectivity index (χ4v) is 2.48. The minimum atomic E-state index is -1.05.